The maximum absolute atomic E-state index is 13.1. The van der Waals surface area contributed by atoms with Crippen molar-refractivity contribution >= 4 is 15.9 Å². The maximum Gasteiger partial charge on any atom is 0.241 e. The van der Waals surface area contributed by atoms with Gasteiger partial charge in [-0.05, 0) is 75.1 Å². The van der Waals surface area contributed by atoms with E-state index in [4.69, 9.17) is 4.74 Å². The quantitative estimate of drug-likeness (QED) is 0.520. The Morgan fingerprint density at radius 3 is 2.48 bits per heavy atom. The molecular weight excluding hydrogens is 440 g/mol. The van der Waals surface area contributed by atoms with E-state index in [0.29, 0.717) is 37.5 Å². The lowest BCUT2D eigenvalue weighted by atomic mass is 9.89. The molecule has 2 aliphatic rings. The second-order valence-corrected chi connectivity index (χ2v) is 11.3. The molecule has 2 aromatic rings. The van der Waals surface area contributed by atoms with Crippen molar-refractivity contribution in [1.29, 1.82) is 0 Å². The molecule has 1 aliphatic carbocycles. The predicted octanol–water partition coefficient (Wildman–Crippen LogP) is 3.08. The predicted molar refractivity (Wildman–Crippen MR) is 125 cm³/mol. The average Bonchev–Trinajstić information content (AvgIpc) is 3.59. The first-order chi connectivity index (χ1) is 15.6. The Kier molecular flexibility index (Phi) is 6.79. The van der Waals surface area contributed by atoms with Gasteiger partial charge in [-0.3, -0.25) is 4.79 Å². The molecule has 1 saturated heterocycles. The number of amides is 1. The largest absolute Gasteiger partial charge is 0.493 e. The van der Waals surface area contributed by atoms with Gasteiger partial charge in [0.25, 0.3) is 0 Å². The second-order valence-electron chi connectivity index (χ2n) is 9.66. The number of benzene rings is 2. The third-order valence-corrected chi connectivity index (χ3v) is 7.97. The van der Waals surface area contributed by atoms with Gasteiger partial charge in [0.1, 0.15) is 12.0 Å². The van der Waals surface area contributed by atoms with Gasteiger partial charge in [0.2, 0.25) is 15.9 Å². The van der Waals surface area contributed by atoms with Crippen LogP contribution in [-0.2, 0) is 26.8 Å². The molecule has 1 saturated carbocycles. The summed E-state index contributed by atoms with van der Waals surface area (Å²) in [6.45, 7) is 4.27. The van der Waals surface area contributed by atoms with Gasteiger partial charge in [-0.25, -0.2) is 13.1 Å². The summed E-state index contributed by atoms with van der Waals surface area (Å²) in [6.07, 6.45) is 3.36. The van der Waals surface area contributed by atoms with E-state index in [1.807, 2.05) is 38.1 Å². The van der Waals surface area contributed by atoms with Crippen molar-refractivity contribution < 1.29 is 23.1 Å². The van der Waals surface area contributed by atoms with Crippen LogP contribution in [0, 0.1) is 11.8 Å². The zero-order valence-electron chi connectivity index (χ0n) is 19.1. The molecule has 2 aromatic carbocycles. The van der Waals surface area contributed by atoms with E-state index in [9.17, 15) is 18.3 Å². The highest BCUT2D eigenvalue weighted by molar-refractivity contribution is 7.89. The van der Waals surface area contributed by atoms with Crippen molar-refractivity contribution in [1.82, 2.24) is 10.0 Å². The first-order valence-corrected chi connectivity index (χ1v) is 13.0. The van der Waals surface area contributed by atoms with Crippen molar-refractivity contribution in [3.8, 4) is 5.75 Å². The van der Waals surface area contributed by atoms with Crippen LogP contribution >= 0.6 is 0 Å². The van der Waals surface area contributed by atoms with Crippen LogP contribution in [0.2, 0.25) is 0 Å². The van der Waals surface area contributed by atoms with Gasteiger partial charge >= 0.3 is 0 Å². The van der Waals surface area contributed by atoms with Gasteiger partial charge in [-0.2, -0.15) is 0 Å². The second kappa shape index (κ2) is 9.44. The van der Waals surface area contributed by atoms with Gasteiger partial charge < -0.3 is 15.2 Å². The van der Waals surface area contributed by atoms with Crippen molar-refractivity contribution in [3.63, 3.8) is 0 Å². The summed E-state index contributed by atoms with van der Waals surface area (Å²) in [5.41, 5.74) is 0.975. The van der Waals surface area contributed by atoms with Crippen LogP contribution in [0.5, 0.6) is 5.75 Å². The van der Waals surface area contributed by atoms with Crippen LogP contribution in [0.25, 0.3) is 0 Å². The minimum atomic E-state index is -3.76. The van der Waals surface area contributed by atoms with Crippen LogP contribution in [0.15, 0.2) is 53.4 Å². The highest BCUT2D eigenvalue weighted by atomic mass is 32.2. The molecule has 1 aliphatic heterocycles. The van der Waals surface area contributed by atoms with Crippen LogP contribution in [-0.4, -0.2) is 32.3 Å². The Bertz CT molecular complexity index is 1090. The van der Waals surface area contributed by atoms with E-state index >= 15 is 0 Å². The number of aliphatic hydroxyl groups is 1. The molecule has 0 radical (unpaired) electrons. The summed E-state index contributed by atoms with van der Waals surface area (Å²) in [4.78, 5) is 12.2. The molecule has 8 heteroatoms. The molecule has 2 fully saturated rings. The summed E-state index contributed by atoms with van der Waals surface area (Å²) in [5, 5.41) is 12.1. The minimum Gasteiger partial charge on any atom is -0.493 e. The highest BCUT2D eigenvalue weighted by Crippen LogP contribution is 2.30. The van der Waals surface area contributed by atoms with E-state index < -0.39 is 21.8 Å². The number of nitrogens with one attached hydrogen (secondary N) is 2. The fourth-order valence-corrected chi connectivity index (χ4v) is 5.50. The maximum atomic E-state index is 13.1. The van der Waals surface area contributed by atoms with Crippen molar-refractivity contribution in [3.05, 3.63) is 59.7 Å². The first kappa shape index (κ1) is 23.7. The summed E-state index contributed by atoms with van der Waals surface area (Å²) in [5.74, 6) is 0.852. The molecule has 0 bridgehead atoms. The first-order valence-electron chi connectivity index (χ1n) is 11.5. The highest BCUT2D eigenvalue weighted by Gasteiger charge is 2.30. The fraction of sp³-hybridized carbons (Fsp3) is 0.480. The number of aliphatic hydroxyl groups excluding tert-OH is 1. The number of carbonyl (C=O) groups excluding carboxylic acids is 1. The number of piperidine rings is 1. The Balaban J connectivity index is 1.42. The number of rotatable bonds is 9. The smallest absolute Gasteiger partial charge is 0.241 e. The van der Waals surface area contributed by atoms with E-state index in [1.165, 1.54) is 12.8 Å². The molecule has 3 N–H and O–H groups in total. The lowest BCUT2D eigenvalue weighted by Gasteiger charge is -2.28. The molecule has 2 unspecified atom stereocenters. The number of carbonyl (C=O) groups is 1. The van der Waals surface area contributed by atoms with Gasteiger partial charge in [0.15, 0.2) is 0 Å². The molecule has 4 rings (SSSR count). The van der Waals surface area contributed by atoms with Gasteiger partial charge in [0.05, 0.1) is 17.0 Å². The van der Waals surface area contributed by atoms with Gasteiger partial charge in [-0.1, -0.05) is 30.3 Å². The molecule has 1 heterocycles. The Hall–Kier alpha value is -2.42. The van der Waals surface area contributed by atoms with Gasteiger partial charge in [-0.15, -0.1) is 0 Å². The summed E-state index contributed by atoms with van der Waals surface area (Å²) in [6, 6.07) is 14.2. The Morgan fingerprint density at radius 2 is 1.82 bits per heavy atom. The van der Waals surface area contributed by atoms with Crippen LogP contribution in [0.3, 0.4) is 0 Å². The third kappa shape index (κ3) is 6.13. The SMILES string of the molecule is CC(C)(NS(=O)(=O)c1cccc(OCC2CC2)c1)c1ccc(CC2CCC(O)NC2=O)cc1. The van der Waals surface area contributed by atoms with E-state index in [1.54, 1.807) is 24.3 Å². The molecule has 1 amide bonds. The number of sulfonamides is 1. The van der Waals surface area contributed by atoms with Crippen molar-refractivity contribution in [2.24, 2.45) is 11.8 Å². The normalized spacial score (nSPS) is 21.5. The zero-order chi connectivity index (χ0) is 23.6. The molecule has 0 spiro atoms. The lowest BCUT2D eigenvalue weighted by Crippen LogP contribution is -2.44. The van der Waals surface area contributed by atoms with E-state index in [0.717, 1.165) is 11.1 Å². The number of hydrogen-bond acceptors (Lipinski definition) is 5. The van der Waals surface area contributed by atoms with Crippen molar-refractivity contribution in [2.45, 2.75) is 62.6 Å². The Morgan fingerprint density at radius 1 is 1.09 bits per heavy atom. The Labute approximate surface area is 195 Å². The van der Waals surface area contributed by atoms with E-state index in [-0.39, 0.29) is 16.7 Å². The van der Waals surface area contributed by atoms with Crippen LogP contribution in [0.4, 0.5) is 0 Å². The van der Waals surface area contributed by atoms with Crippen LogP contribution < -0.4 is 14.8 Å². The molecule has 2 atom stereocenters. The zero-order valence-corrected chi connectivity index (χ0v) is 19.9. The van der Waals surface area contributed by atoms with Crippen molar-refractivity contribution in [2.75, 3.05) is 6.61 Å². The van der Waals surface area contributed by atoms with E-state index in [2.05, 4.69) is 10.0 Å². The molecule has 178 valence electrons. The number of ether oxygens (including phenoxy) is 1. The molecule has 33 heavy (non-hydrogen) atoms. The molecular formula is C25H32N2O5S. The van der Waals surface area contributed by atoms with Gasteiger partial charge in [0, 0.05) is 12.0 Å². The summed E-state index contributed by atoms with van der Waals surface area (Å²) in [7, 11) is -3.76. The summed E-state index contributed by atoms with van der Waals surface area (Å²) < 4.78 is 34.7. The standard InChI is InChI=1S/C25H32N2O5S/c1-25(2,20-11-8-17(9-12-20)14-19-10-13-23(28)26-24(19)29)27-33(30,31)22-5-3-4-21(15-22)32-16-18-6-7-18/h3-5,8-9,11-12,15,18-19,23,27-28H,6-7,10,13-14,16H2,1-2H3,(H,26,29). The summed E-state index contributed by atoms with van der Waals surface area (Å²) >= 11 is 0. The average molecular weight is 473 g/mol. The monoisotopic (exact) mass is 472 g/mol. The minimum absolute atomic E-state index is 0.130. The number of hydrogen-bond donors (Lipinski definition) is 3. The lowest BCUT2D eigenvalue weighted by molar-refractivity contribution is -0.131. The van der Waals surface area contributed by atoms with Crippen LogP contribution in [0.1, 0.15) is 50.7 Å². The topological polar surface area (TPSA) is 105 Å². The third-order valence-electron chi connectivity index (χ3n) is 6.31. The molecule has 7 nitrogen and oxygen atoms in total. The molecule has 0 aromatic heterocycles. The fourth-order valence-electron chi connectivity index (χ4n) is 4.06.